The fraction of sp³-hybridized carbons (Fsp3) is 0.318. The van der Waals surface area contributed by atoms with Crippen LogP contribution in [0.4, 0.5) is 0 Å². The zero-order valence-electron chi connectivity index (χ0n) is 32.1. The predicted molar refractivity (Wildman–Crippen MR) is 211 cm³/mol. The first-order valence-electron chi connectivity index (χ1n) is 18.2. The summed E-state index contributed by atoms with van der Waals surface area (Å²) in [5.41, 5.74) is 4.96. The minimum absolute atomic E-state index is 0.0573. The van der Waals surface area contributed by atoms with Crippen molar-refractivity contribution in [1.29, 1.82) is 0 Å². The van der Waals surface area contributed by atoms with Gasteiger partial charge in [0, 0.05) is 41.6 Å². The Morgan fingerprint density at radius 2 is 0.981 bits per heavy atom. The molecule has 0 fully saturated rings. The van der Waals surface area contributed by atoms with Gasteiger partial charge in [-0.3, -0.25) is 14.4 Å². The highest BCUT2D eigenvalue weighted by molar-refractivity contribution is 5.95. The Hall–Kier alpha value is -5.90. The molecule has 54 heavy (non-hydrogen) atoms. The number of hydrogen-bond acceptors (Lipinski definition) is 8. The van der Waals surface area contributed by atoms with Gasteiger partial charge in [0.2, 0.25) is 5.76 Å². The first-order valence-corrected chi connectivity index (χ1v) is 18.2. The first-order chi connectivity index (χ1) is 26.0. The highest BCUT2D eigenvalue weighted by Crippen LogP contribution is 2.17. The van der Waals surface area contributed by atoms with Crippen molar-refractivity contribution in [2.75, 3.05) is 26.4 Å². The Morgan fingerprint density at radius 1 is 0.574 bits per heavy atom. The molecule has 0 saturated heterocycles. The maximum Gasteiger partial charge on any atom is 0.373 e. The smallest absolute Gasteiger partial charge is 0.373 e. The van der Waals surface area contributed by atoms with E-state index in [2.05, 4.69) is 10.6 Å². The molecule has 2 amide bonds. The number of carbonyl (C=O) groups excluding carboxylic acids is 4. The number of esters is 1. The van der Waals surface area contributed by atoms with Gasteiger partial charge in [-0.1, -0.05) is 36.4 Å². The molecule has 4 rings (SSSR count). The molecule has 4 aromatic rings. The Balaban J connectivity index is 0.000000303. The van der Waals surface area contributed by atoms with Crippen LogP contribution >= 0.6 is 0 Å². The quantitative estimate of drug-likeness (QED) is 0.0462. The Bertz CT molecular complexity index is 1780. The third kappa shape index (κ3) is 15.4. The summed E-state index contributed by atoms with van der Waals surface area (Å²) in [5, 5.41) is 5.74. The molecule has 0 saturated carbocycles. The van der Waals surface area contributed by atoms with E-state index in [1.165, 1.54) is 0 Å². The van der Waals surface area contributed by atoms with E-state index >= 15 is 0 Å². The lowest BCUT2D eigenvalue weighted by Crippen LogP contribution is -2.30. The zero-order valence-corrected chi connectivity index (χ0v) is 32.1. The maximum atomic E-state index is 12.0. The average Bonchev–Trinajstić information content (AvgIpc) is 3.16. The number of rotatable bonds is 18. The molecule has 0 spiro atoms. The molecule has 0 atom stereocenters. The summed E-state index contributed by atoms with van der Waals surface area (Å²) in [6, 6.07) is 29.7. The molecule has 0 aliphatic rings. The molecule has 0 aromatic heterocycles. The lowest BCUT2D eigenvalue weighted by Gasteiger charge is -2.10. The normalized spacial score (nSPS) is 10.9. The molecule has 4 aromatic carbocycles. The van der Waals surface area contributed by atoms with Crippen molar-refractivity contribution >= 4 is 30.1 Å². The highest BCUT2D eigenvalue weighted by Gasteiger charge is 2.12. The third-order valence-electron chi connectivity index (χ3n) is 7.56. The molecule has 286 valence electrons. The second-order valence-corrected chi connectivity index (χ2v) is 12.8. The molecule has 0 bridgehead atoms. The van der Waals surface area contributed by atoms with Gasteiger partial charge in [0.1, 0.15) is 17.8 Å². The fourth-order valence-electron chi connectivity index (χ4n) is 4.88. The third-order valence-corrected chi connectivity index (χ3v) is 7.56. The van der Waals surface area contributed by atoms with Gasteiger partial charge >= 0.3 is 5.97 Å². The summed E-state index contributed by atoms with van der Waals surface area (Å²) in [6.07, 6.45) is 3.94. The minimum Gasteiger partial charge on any atom is -0.493 e. The number of amides is 2. The van der Waals surface area contributed by atoms with Crippen LogP contribution in [-0.4, -0.2) is 62.6 Å². The first kappa shape index (κ1) is 42.5. The van der Waals surface area contributed by atoms with Gasteiger partial charge in [0.25, 0.3) is 11.8 Å². The summed E-state index contributed by atoms with van der Waals surface area (Å²) in [4.78, 5) is 46.4. The van der Waals surface area contributed by atoms with Crippen LogP contribution in [0, 0.1) is 0 Å². The standard InChI is InChI=1S/C25H31NO5.C19H21NO3/c1-5-29-23(25(28)30-6-2)17-20-9-13-22(14-10-20)31-16-15-19-7-11-21(12-8-19)24(27)26-18(3)4;1-14(2)20-19(22)17-7-3-15(4-8-17)11-12-23-18-9-5-16(13-21)6-10-18/h7-14,17-18H,5-6,15-16H2,1-4H3,(H,26,27);3-10,13-14H,11-12H2,1-2H3,(H,20,22). The van der Waals surface area contributed by atoms with E-state index in [1.807, 2.05) is 107 Å². The summed E-state index contributed by atoms with van der Waals surface area (Å²) in [7, 11) is 0. The van der Waals surface area contributed by atoms with Gasteiger partial charge in [-0.05, 0) is 125 Å². The van der Waals surface area contributed by atoms with E-state index in [1.54, 1.807) is 37.3 Å². The Morgan fingerprint density at radius 3 is 1.35 bits per heavy atom. The van der Waals surface area contributed by atoms with Crippen LogP contribution in [0.15, 0.2) is 103 Å². The molecule has 0 aliphatic heterocycles. The second-order valence-electron chi connectivity index (χ2n) is 12.8. The Kier molecular flexibility index (Phi) is 18.0. The van der Waals surface area contributed by atoms with Crippen molar-refractivity contribution in [2.24, 2.45) is 0 Å². The number of ether oxygens (including phenoxy) is 4. The molecule has 10 heteroatoms. The number of nitrogens with one attached hydrogen (secondary N) is 2. The molecule has 0 unspecified atom stereocenters. The second kappa shape index (κ2) is 22.9. The van der Waals surface area contributed by atoms with Crippen LogP contribution < -0.4 is 20.1 Å². The SMILES string of the molecule is CC(C)NC(=O)c1ccc(CCOc2ccc(C=O)cc2)cc1.CCOC(=O)C(=Cc1ccc(OCCc2ccc(C(=O)NC(C)C)cc2)cc1)OCC. The van der Waals surface area contributed by atoms with Gasteiger partial charge in [-0.15, -0.1) is 0 Å². The maximum absolute atomic E-state index is 12.0. The van der Waals surface area contributed by atoms with Gasteiger partial charge in [-0.25, -0.2) is 4.79 Å². The van der Waals surface area contributed by atoms with Crippen LogP contribution in [0.25, 0.3) is 6.08 Å². The van der Waals surface area contributed by atoms with E-state index in [4.69, 9.17) is 18.9 Å². The van der Waals surface area contributed by atoms with E-state index in [9.17, 15) is 19.2 Å². The molecule has 10 nitrogen and oxygen atoms in total. The largest absolute Gasteiger partial charge is 0.493 e. The van der Waals surface area contributed by atoms with Crippen molar-refractivity contribution in [3.05, 3.63) is 136 Å². The Labute approximate surface area is 318 Å². The summed E-state index contributed by atoms with van der Waals surface area (Å²) < 4.78 is 21.8. The fourth-order valence-corrected chi connectivity index (χ4v) is 4.88. The van der Waals surface area contributed by atoms with Crippen molar-refractivity contribution in [3.63, 3.8) is 0 Å². The molecule has 0 radical (unpaired) electrons. The zero-order chi connectivity index (χ0) is 39.3. The van der Waals surface area contributed by atoms with E-state index in [0.29, 0.717) is 43.1 Å². The lowest BCUT2D eigenvalue weighted by molar-refractivity contribution is -0.142. The van der Waals surface area contributed by atoms with E-state index < -0.39 is 5.97 Å². The molecule has 2 N–H and O–H groups in total. The molecule has 0 heterocycles. The van der Waals surface area contributed by atoms with Crippen LogP contribution in [-0.2, 0) is 27.1 Å². The molecular formula is C44H52N2O8. The van der Waals surface area contributed by atoms with E-state index in [-0.39, 0.29) is 29.7 Å². The van der Waals surface area contributed by atoms with Crippen molar-refractivity contribution in [2.45, 2.75) is 66.5 Å². The number of hydrogen-bond donors (Lipinski definition) is 2. The van der Waals surface area contributed by atoms with Gasteiger partial charge in [0.15, 0.2) is 0 Å². The van der Waals surface area contributed by atoms with Gasteiger partial charge in [0.05, 0.1) is 26.4 Å². The van der Waals surface area contributed by atoms with E-state index in [0.717, 1.165) is 47.3 Å². The highest BCUT2D eigenvalue weighted by atomic mass is 16.6. The summed E-state index contributed by atoms with van der Waals surface area (Å²) >= 11 is 0. The number of carbonyl (C=O) groups is 4. The summed E-state index contributed by atoms with van der Waals surface area (Å²) in [5.74, 6) is 1.06. The van der Waals surface area contributed by atoms with Gasteiger partial charge < -0.3 is 29.6 Å². The van der Waals surface area contributed by atoms with Crippen LogP contribution in [0.1, 0.15) is 89.3 Å². The summed E-state index contributed by atoms with van der Waals surface area (Å²) in [6.45, 7) is 13.0. The average molecular weight is 737 g/mol. The van der Waals surface area contributed by atoms with Crippen LogP contribution in [0.2, 0.25) is 0 Å². The van der Waals surface area contributed by atoms with Crippen molar-refractivity contribution in [3.8, 4) is 11.5 Å². The van der Waals surface area contributed by atoms with Gasteiger partial charge in [-0.2, -0.15) is 0 Å². The van der Waals surface area contributed by atoms with Crippen molar-refractivity contribution < 1.29 is 38.1 Å². The van der Waals surface area contributed by atoms with Crippen LogP contribution in [0.5, 0.6) is 11.5 Å². The number of aldehydes is 1. The lowest BCUT2D eigenvalue weighted by atomic mass is 10.1. The monoisotopic (exact) mass is 736 g/mol. The number of benzene rings is 4. The molecule has 0 aliphatic carbocycles. The predicted octanol–water partition coefficient (Wildman–Crippen LogP) is 7.65. The van der Waals surface area contributed by atoms with Crippen LogP contribution in [0.3, 0.4) is 0 Å². The molecular weight excluding hydrogens is 684 g/mol. The minimum atomic E-state index is -0.475. The topological polar surface area (TPSA) is 129 Å². The van der Waals surface area contributed by atoms with Crippen molar-refractivity contribution in [1.82, 2.24) is 10.6 Å².